The first kappa shape index (κ1) is 20.7. The molecule has 2 N–H and O–H groups in total. The van der Waals surface area contributed by atoms with Gasteiger partial charge in [-0.2, -0.15) is 0 Å². The highest BCUT2D eigenvalue weighted by atomic mass is 16.5. The first-order valence-electron chi connectivity index (χ1n) is 9.94. The summed E-state index contributed by atoms with van der Waals surface area (Å²) >= 11 is 0. The molecule has 3 rings (SSSR count). The number of benzene rings is 2. The maximum atomic E-state index is 12.5. The summed E-state index contributed by atoms with van der Waals surface area (Å²) in [4.78, 5) is 25.0. The second kappa shape index (κ2) is 9.96. The molecule has 0 atom stereocenters. The van der Waals surface area contributed by atoms with Gasteiger partial charge in [-0.25, -0.2) is 0 Å². The van der Waals surface area contributed by atoms with Crippen LogP contribution < -0.4 is 20.1 Å². The maximum Gasteiger partial charge on any atom is 0.227 e. The smallest absolute Gasteiger partial charge is 0.227 e. The van der Waals surface area contributed by atoms with Gasteiger partial charge in [0, 0.05) is 24.1 Å². The van der Waals surface area contributed by atoms with Crippen LogP contribution in [0.2, 0.25) is 0 Å². The highest BCUT2D eigenvalue weighted by Gasteiger charge is 2.29. The Labute approximate surface area is 171 Å². The molecular formula is C23H28N2O4. The fraction of sp³-hybridized carbons (Fsp3) is 0.391. The predicted molar refractivity (Wildman–Crippen MR) is 112 cm³/mol. The van der Waals surface area contributed by atoms with E-state index < -0.39 is 0 Å². The summed E-state index contributed by atoms with van der Waals surface area (Å²) in [6, 6.07) is 14.9. The number of hydrogen-bond acceptors (Lipinski definition) is 4. The Morgan fingerprint density at radius 1 is 0.793 bits per heavy atom. The van der Waals surface area contributed by atoms with Crippen molar-refractivity contribution in [3.63, 3.8) is 0 Å². The van der Waals surface area contributed by atoms with Crippen molar-refractivity contribution in [3.8, 4) is 11.5 Å². The summed E-state index contributed by atoms with van der Waals surface area (Å²) in [5.41, 5.74) is 1.79. The van der Waals surface area contributed by atoms with Gasteiger partial charge in [0.25, 0.3) is 0 Å². The number of carbonyl (C=O) groups is 2. The fourth-order valence-electron chi connectivity index (χ4n) is 3.61. The van der Waals surface area contributed by atoms with E-state index in [4.69, 9.17) is 9.47 Å². The molecule has 2 aromatic carbocycles. The molecule has 1 aliphatic rings. The zero-order valence-corrected chi connectivity index (χ0v) is 16.9. The molecule has 0 unspecified atom stereocenters. The normalized spacial score (nSPS) is 18.6. The number of nitrogens with one attached hydrogen (secondary N) is 2. The van der Waals surface area contributed by atoms with E-state index in [0.29, 0.717) is 6.54 Å². The van der Waals surface area contributed by atoms with E-state index >= 15 is 0 Å². The molecule has 0 bridgehead atoms. The van der Waals surface area contributed by atoms with Crippen molar-refractivity contribution in [2.24, 2.45) is 11.8 Å². The van der Waals surface area contributed by atoms with Gasteiger partial charge < -0.3 is 20.1 Å². The SMILES string of the molecule is COc1ccc(CNC(=O)C2CCC(C(=O)Nc3ccc(OC)cc3)CC2)cc1. The summed E-state index contributed by atoms with van der Waals surface area (Å²) in [5, 5.41) is 5.97. The highest BCUT2D eigenvalue weighted by Crippen LogP contribution is 2.30. The van der Waals surface area contributed by atoms with E-state index in [1.807, 2.05) is 48.5 Å². The third kappa shape index (κ3) is 5.73. The second-order valence-electron chi connectivity index (χ2n) is 7.33. The lowest BCUT2D eigenvalue weighted by Gasteiger charge is -2.27. The quantitative estimate of drug-likeness (QED) is 0.747. The molecule has 0 radical (unpaired) electrons. The number of anilines is 1. The van der Waals surface area contributed by atoms with Gasteiger partial charge >= 0.3 is 0 Å². The number of carbonyl (C=O) groups excluding carboxylic acids is 2. The molecule has 6 nitrogen and oxygen atoms in total. The molecule has 6 heteroatoms. The minimum atomic E-state index is -0.0530. The maximum absolute atomic E-state index is 12.5. The van der Waals surface area contributed by atoms with Crippen LogP contribution in [0.25, 0.3) is 0 Å². The summed E-state index contributed by atoms with van der Waals surface area (Å²) < 4.78 is 10.3. The van der Waals surface area contributed by atoms with Crippen LogP contribution in [0.4, 0.5) is 5.69 Å². The first-order valence-corrected chi connectivity index (χ1v) is 9.94. The average Bonchev–Trinajstić information content (AvgIpc) is 2.78. The van der Waals surface area contributed by atoms with Crippen LogP contribution in [0.1, 0.15) is 31.2 Å². The third-order valence-corrected chi connectivity index (χ3v) is 5.45. The van der Waals surface area contributed by atoms with Crippen LogP contribution in [0.3, 0.4) is 0 Å². The monoisotopic (exact) mass is 396 g/mol. The van der Waals surface area contributed by atoms with Crippen LogP contribution in [-0.4, -0.2) is 26.0 Å². The van der Waals surface area contributed by atoms with Gasteiger partial charge in [0.1, 0.15) is 11.5 Å². The Hall–Kier alpha value is -3.02. The molecule has 1 fully saturated rings. The van der Waals surface area contributed by atoms with Crippen molar-refractivity contribution < 1.29 is 19.1 Å². The topological polar surface area (TPSA) is 76.7 Å². The van der Waals surface area contributed by atoms with Crippen LogP contribution in [0.5, 0.6) is 11.5 Å². The zero-order valence-electron chi connectivity index (χ0n) is 16.9. The van der Waals surface area contributed by atoms with Crippen molar-refractivity contribution >= 4 is 17.5 Å². The van der Waals surface area contributed by atoms with E-state index in [1.54, 1.807) is 14.2 Å². The van der Waals surface area contributed by atoms with Gasteiger partial charge in [-0.1, -0.05) is 12.1 Å². The number of hydrogen-bond donors (Lipinski definition) is 2. The molecule has 0 aliphatic heterocycles. The van der Waals surface area contributed by atoms with E-state index in [-0.39, 0.29) is 23.7 Å². The number of ether oxygens (including phenoxy) is 2. The fourth-order valence-corrected chi connectivity index (χ4v) is 3.61. The van der Waals surface area contributed by atoms with Gasteiger partial charge in [0.15, 0.2) is 0 Å². The summed E-state index contributed by atoms with van der Waals surface area (Å²) in [7, 11) is 3.24. The summed E-state index contributed by atoms with van der Waals surface area (Å²) in [6.45, 7) is 0.501. The Morgan fingerprint density at radius 3 is 1.79 bits per heavy atom. The van der Waals surface area contributed by atoms with Crippen LogP contribution in [0.15, 0.2) is 48.5 Å². The number of methoxy groups -OCH3 is 2. The Morgan fingerprint density at radius 2 is 1.28 bits per heavy atom. The molecule has 29 heavy (non-hydrogen) atoms. The minimum Gasteiger partial charge on any atom is -0.497 e. The van der Waals surface area contributed by atoms with Crippen molar-refractivity contribution in [3.05, 3.63) is 54.1 Å². The molecule has 0 spiro atoms. The first-order chi connectivity index (χ1) is 14.1. The Balaban J connectivity index is 1.42. The Kier molecular flexibility index (Phi) is 7.11. The minimum absolute atomic E-state index is 0.0206. The largest absolute Gasteiger partial charge is 0.497 e. The summed E-state index contributed by atoms with van der Waals surface area (Å²) in [6.07, 6.45) is 2.91. The van der Waals surface area contributed by atoms with Crippen molar-refractivity contribution in [2.45, 2.75) is 32.2 Å². The van der Waals surface area contributed by atoms with Crippen LogP contribution >= 0.6 is 0 Å². The third-order valence-electron chi connectivity index (χ3n) is 5.45. The number of rotatable bonds is 7. The lowest BCUT2D eigenvalue weighted by Crippen LogP contribution is -2.35. The van der Waals surface area contributed by atoms with Gasteiger partial charge in [0.2, 0.25) is 11.8 Å². The van der Waals surface area contributed by atoms with Crippen molar-refractivity contribution in [2.75, 3.05) is 19.5 Å². The van der Waals surface area contributed by atoms with Gasteiger partial charge in [-0.3, -0.25) is 9.59 Å². The summed E-state index contributed by atoms with van der Waals surface area (Å²) in [5.74, 6) is 1.55. The lowest BCUT2D eigenvalue weighted by atomic mass is 9.81. The van der Waals surface area contributed by atoms with E-state index in [9.17, 15) is 9.59 Å². The molecule has 1 saturated carbocycles. The standard InChI is InChI=1S/C23H28N2O4/c1-28-20-11-3-16(4-12-20)15-24-22(26)17-5-7-18(8-6-17)23(27)25-19-9-13-21(29-2)14-10-19/h3-4,9-14,17-18H,5-8,15H2,1-2H3,(H,24,26)(H,25,27). The highest BCUT2D eigenvalue weighted by molar-refractivity contribution is 5.92. The average molecular weight is 396 g/mol. The molecule has 2 aromatic rings. The molecule has 0 saturated heterocycles. The van der Waals surface area contributed by atoms with Crippen LogP contribution in [0, 0.1) is 11.8 Å². The molecule has 0 aromatic heterocycles. The predicted octanol–water partition coefficient (Wildman–Crippen LogP) is 3.77. The van der Waals surface area contributed by atoms with E-state index in [0.717, 1.165) is 48.4 Å². The molecular weight excluding hydrogens is 368 g/mol. The van der Waals surface area contributed by atoms with Crippen LogP contribution in [-0.2, 0) is 16.1 Å². The molecule has 154 valence electrons. The van der Waals surface area contributed by atoms with E-state index in [1.165, 1.54) is 0 Å². The second-order valence-corrected chi connectivity index (χ2v) is 7.33. The Bertz CT molecular complexity index is 810. The van der Waals surface area contributed by atoms with Crippen molar-refractivity contribution in [1.82, 2.24) is 5.32 Å². The lowest BCUT2D eigenvalue weighted by molar-refractivity contribution is -0.128. The molecule has 0 heterocycles. The van der Waals surface area contributed by atoms with E-state index in [2.05, 4.69) is 10.6 Å². The van der Waals surface area contributed by atoms with Gasteiger partial charge in [-0.05, 0) is 67.6 Å². The van der Waals surface area contributed by atoms with Gasteiger partial charge in [0.05, 0.1) is 14.2 Å². The zero-order chi connectivity index (χ0) is 20.6. The molecule has 2 amide bonds. The van der Waals surface area contributed by atoms with Crippen molar-refractivity contribution in [1.29, 1.82) is 0 Å². The number of amides is 2. The molecule has 1 aliphatic carbocycles. The van der Waals surface area contributed by atoms with Gasteiger partial charge in [-0.15, -0.1) is 0 Å².